The highest BCUT2D eigenvalue weighted by Gasteiger charge is 2.50. The molecule has 1 fully saturated rings. The summed E-state index contributed by atoms with van der Waals surface area (Å²) in [6.45, 7) is 3.09. The Bertz CT molecular complexity index is 979. The van der Waals surface area contributed by atoms with Crippen molar-refractivity contribution in [2.24, 2.45) is 5.16 Å². The van der Waals surface area contributed by atoms with Gasteiger partial charge in [0.15, 0.2) is 5.60 Å². The number of amides is 2. The van der Waals surface area contributed by atoms with Gasteiger partial charge >= 0.3 is 0 Å². The van der Waals surface area contributed by atoms with E-state index in [-0.39, 0.29) is 30.9 Å². The topological polar surface area (TPSA) is 102 Å². The molecular formula is C23H26N4O4. The number of benzene rings is 1. The van der Waals surface area contributed by atoms with Crippen molar-refractivity contribution in [1.82, 2.24) is 15.6 Å². The second-order valence-corrected chi connectivity index (χ2v) is 7.89. The van der Waals surface area contributed by atoms with E-state index in [0.717, 1.165) is 17.7 Å². The number of carbonyl (C=O) groups is 2. The van der Waals surface area contributed by atoms with Gasteiger partial charge < -0.3 is 20.2 Å². The molecule has 8 heteroatoms. The molecule has 4 rings (SSSR count). The van der Waals surface area contributed by atoms with Crippen LogP contribution in [-0.2, 0) is 20.8 Å². The van der Waals surface area contributed by atoms with E-state index < -0.39 is 5.60 Å². The molecule has 3 heterocycles. The molecule has 162 valence electrons. The first kappa shape index (κ1) is 21.0. The molecule has 0 aliphatic carbocycles. The Balaban J connectivity index is 1.35. The lowest BCUT2D eigenvalue weighted by Gasteiger charge is -2.38. The molecule has 2 aliphatic rings. The SMILES string of the molecule is Cc1cccc(C(=O)NC2CCOCC23CC(C(=O)NCCc2ccccc2)=NO3)n1. The van der Waals surface area contributed by atoms with E-state index in [9.17, 15) is 9.59 Å². The van der Waals surface area contributed by atoms with Crippen LogP contribution in [0.5, 0.6) is 0 Å². The van der Waals surface area contributed by atoms with Crippen LogP contribution < -0.4 is 10.6 Å². The average Bonchev–Trinajstić information content (AvgIpc) is 3.21. The lowest BCUT2D eigenvalue weighted by Crippen LogP contribution is -2.59. The van der Waals surface area contributed by atoms with Crippen molar-refractivity contribution in [3.05, 3.63) is 65.5 Å². The Morgan fingerprint density at radius 3 is 2.77 bits per heavy atom. The molecule has 2 aliphatic heterocycles. The number of nitrogens with one attached hydrogen (secondary N) is 2. The van der Waals surface area contributed by atoms with Crippen molar-refractivity contribution in [1.29, 1.82) is 0 Å². The van der Waals surface area contributed by atoms with Gasteiger partial charge in [0.05, 0.1) is 12.6 Å². The fourth-order valence-electron chi connectivity index (χ4n) is 3.86. The molecule has 2 aromatic rings. The standard InChI is InChI=1S/C23H26N4O4/c1-16-6-5-9-18(25-16)22(29)26-20-11-13-30-15-23(20)14-19(27-31-23)21(28)24-12-10-17-7-3-2-4-8-17/h2-9,20H,10-15H2,1H3,(H,24,28)(H,26,29). The van der Waals surface area contributed by atoms with Gasteiger partial charge in [0.25, 0.3) is 11.8 Å². The smallest absolute Gasteiger partial charge is 0.270 e. The number of hydrogen-bond donors (Lipinski definition) is 2. The first-order valence-electron chi connectivity index (χ1n) is 10.5. The normalized spacial score (nSPS) is 22.5. The second kappa shape index (κ2) is 9.26. The van der Waals surface area contributed by atoms with Gasteiger partial charge in [-0.25, -0.2) is 4.98 Å². The van der Waals surface area contributed by atoms with Crippen LogP contribution in [0.15, 0.2) is 53.7 Å². The third kappa shape index (κ3) is 4.91. The van der Waals surface area contributed by atoms with Gasteiger partial charge in [-0.3, -0.25) is 9.59 Å². The minimum Gasteiger partial charge on any atom is -0.384 e. The molecule has 8 nitrogen and oxygen atoms in total. The van der Waals surface area contributed by atoms with E-state index in [0.29, 0.717) is 31.0 Å². The summed E-state index contributed by atoms with van der Waals surface area (Å²) in [6.07, 6.45) is 1.57. The summed E-state index contributed by atoms with van der Waals surface area (Å²) in [7, 11) is 0. The predicted octanol–water partition coefficient (Wildman–Crippen LogP) is 1.78. The molecule has 2 amide bonds. The van der Waals surface area contributed by atoms with Crippen molar-refractivity contribution in [2.45, 2.75) is 37.8 Å². The Morgan fingerprint density at radius 1 is 1.13 bits per heavy atom. The van der Waals surface area contributed by atoms with Crippen LogP contribution in [0.4, 0.5) is 0 Å². The quantitative estimate of drug-likeness (QED) is 0.739. The number of hydrogen-bond acceptors (Lipinski definition) is 6. The minimum atomic E-state index is -0.885. The number of carbonyl (C=O) groups excluding carboxylic acids is 2. The van der Waals surface area contributed by atoms with Gasteiger partial charge in [-0.2, -0.15) is 0 Å². The highest BCUT2D eigenvalue weighted by Crippen LogP contribution is 2.33. The van der Waals surface area contributed by atoms with Gasteiger partial charge in [0, 0.05) is 25.3 Å². The molecule has 0 saturated carbocycles. The first-order chi connectivity index (χ1) is 15.1. The molecule has 31 heavy (non-hydrogen) atoms. The lowest BCUT2D eigenvalue weighted by atomic mass is 9.85. The van der Waals surface area contributed by atoms with Crippen molar-refractivity contribution >= 4 is 17.5 Å². The fourth-order valence-corrected chi connectivity index (χ4v) is 3.86. The fraction of sp³-hybridized carbons (Fsp3) is 0.391. The molecule has 1 spiro atoms. The van der Waals surface area contributed by atoms with Gasteiger partial charge in [0.1, 0.15) is 11.4 Å². The summed E-state index contributed by atoms with van der Waals surface area (Å²) in [5.74, 6) is -0.539. The number of aryl methyl sites for hydroxylation is 1. The molecule has 1 aromatic heterocycles. The molecule has 2 atom stereocenters. The number of aromatic nitrogens is 1. The molecule has 2 unspecified atom stereocenters. The molecule has 2 N–H and O–H groups in total. The van der Waals surface area contributed by atoms with E-state index in [4.69, 9.17) is 9.57 Å². The third-order valence-corrected chi connectivity index (χ3v) is 5.57. The summed E-state index contributed by atoms with van der Waals surface area (Å²) in [4.78, 5) is 35.3. The van der Waals surface area contributed by atoms with Crippen LogP contribution in [-0.4, -0.2) is 53.9 Å². The third-order valence-electron chi connectivity index (χ3n) is 5.57. The minimum absolute atomic E-state index is 0.253. The lowest BCUT2D eigenvalue weighted by molar-refractivity contribution is -0.128. The number of nitrogens with zero attached hydrogens (tertiary/aromatic N) is 2. The van der Waals surface area contributed by atoms with Gasteiger partial charge in [0.2, 0.25) is 0 Å². The van der Waals surface area contributed by atoms with Gasteiger partial charge in [-0.1, -0.05) is 41.6 Å². The van der Waals surface area contributed by atoms with Crippen LogP contribution in [0.2, 0.25) is 0 Å². The monoisotopic (exact) mass is 422 g/mol. The van der Waals surface area contributed by atoms with Crippen molar-refractivity contribution < 1.29 is 19.2 Å². The number of rotatable bonds is 6. The summed E-state index contributed by atoms with van der Waals surface area (Å²) < 4.78 is 5.61. The zero-order chi connectivity index (χ0) is 21.7. The van der Waals surface area contributed by atoms with Crippen LogP contribution >= 0.6 is 0 Å². The summed E-state index contributed by atoms with van der Waals surface area (Å²) in [6, 6.07) is 14.9. The Hall–Kier alpha value is -3.26. The largest absolute Gasteiger partial charge is 0.384 e. The maximum Gasteiger partial charge on any atom is 0.270 e. The Morgan fingerprint density at radius 2 is 1.97 bits per heavy atom. The van der Waals surface area contributed by atoms with Crippen LogP contribution in [0.3, 0.4) is 0 Å². The van der Waals surface area contributed by atoms with Gasteiger partial charge in [-0.15, -0.1) is 0 Å². The Kier molecular flexibility index (Phi) is 6.27. The van der Waals surface area contributed by atoms with Crippen molar-refractivity contribution in [3.63, 3.8) is 0 Å². The number of ether oxygens (including phenoxy) is 1. The van der Waals surface area contributed by atoms with Crippen molar-refractivity contribution in [3.8, 4) is 0 Å². The van der Waals surface area contributed by atoms with Crippen LogP contribution in [0.1, 0.15) is 34.6 Å². The second-order valence-electron chi connectivity index (χ2n) is 7.89. The predicted molar refractivity (Wildman–Crippen MR) is 115 cm³/mol. The van der Waals surface area contributed by atoms with E-state index in [1.807, 2.05) is 43.3 Å². The van der Waals surface area contributed by atoms with Gasteiger partial charge in [-0.05, 0) is 37.5 Å². The van der Waals surface area contributed by atoms with E-state index >= 15 is 0 Å². The molecule has 0 bridgehead atoms. The average molecular weight is 422 g/mol. The zero-order valence-electron chi connectivity index (χ0n) is 17.5. The van der Waals surface area contributed by atoms with Crippen LogP contribution in [0, 0.1) is 6.92 Å². The first-order valence-corrected chi connectivity index (χ1v) is 10.5. The van der Waals surface area contributed by atoms with Crippen molar-refractivity contribution in [2.75, 3.05) is 19.8 Å². The summed E-state index contributed by atoms with van der Waals surface area (Å²) >= 11 is 0. The molecule has 1 saturated heterocycles. The highest BCUT2D eigenvalue weighted by molar-refractivity contribution is 6.39. The maximum atomic E-state index is 12.7. The van der Waals surface area contributed by atoms with E-state index in [1.165, 1.54) is 0 Å². The Labute approximate surface area is 181 Å². The number of pyridine rings is 1. The number of oxime groups is 1. The summed E-state index contributed by atoms with van der Waals surface area (Å²) in [5.41, 5.74) is 1.69. The van der Waals surface area contributed by atoms with Crippen LogP contribution in [0.25, 0.3) is 0 Å². The molecular weight excluding hydrogens is 396 g/mol. The zero-order valence-corrected chi connectivity index (χ0v) is 17.5. The van der Waals surface area contributed by atoms with E-state index in [1.54, 1.807) is 12.1 Å². The highest BCUT2D eigenvalue weighted by atomic mass is 16.7. The van der Waals surface area contributed by atoms with E-state index in [2.05, 4.69) is 20.8 Å². The maximum absolute atomic E-state index is 12.7. The summed E-state index contributed by atoms with van der Waals surface area (Å²) in [5, 5.41) is 9.94. The molecule has 0 radical (unpaired) electrons. The molecule has 1 aromatic carbocycles.